The van der Waals surface area contributed by atoms with Crippen molar-refractivity contribution in [3.05, 3.63) is 137 Å². The van der Waals surface area contributed by atoms with Crippen molar-refractivity contribution in [3.8, 4) is 17.3 Å². The van der Waals surface area contributed by atoms with Crippen LogP contribution in [0.5, 0.6) is 11.5 Å². The minimum Gasteiger partial charge on any atom is -0.509 e. The van der Waals surface area contributed by atoms with Gasteiger partial charge in [-0.05, 0) is 115 Å². The third-order valence-corrected chi connectivity index (χ3v) is 10.4. The van der Waals surface area contributed by atoms with E-state index in [1.807, 2.05) is 12.3 Å². The maximum absolute atomic E-state index is 6.66. The summed E-state index contributed by atoms with van der Waals surface area (Å²) in [5, 5.41) is 2.26. The second-order valence-electron chi connectivity index (χ2n) is 15.8. The number of anilines is 2. The third kappa shape index (κ3) is 6.62. The smallest absolute Gasteiger partial charge is 0.135 e. The number of hydrogen-bond acceptors (Lipinski definition) is 4. The van der Waals surface area contributed by atoms with Crippen molar-refractivity contribution in [2.75, 3.05) is 9.80 Å². The van der Waals surface area contributed by atoms with Crippen LogP contribution in [0.4, 0.5) is 11.4 Å². The summed E-state index contributed by atoms with van der Waals surface area (Å²) >= 11 is 0. The Bertz CT molecular complexity index is 2290. The molecule has 2 aromatic heterocycles. The van der Waals surface area contributed by atoms with Gasteiger partial charge in [0.15, 0.2) is 0 Å². The van der Waals surface area contributed by atoms with Gasteiger partial charge in [-0.3, -0.25) is 0 Å². The zero-order valence-corrected chi connectivity index (χ0v) is 33.9. The van der Waals surface area contributed by atoms with E-state index in [-0.39, 0.29) is 31.9 Å². The molecule has 5 nitrogen and oxygen atoms in total. The van der Waals surface area contributed by atoms with Crippen LogP contribution in [0.25, 0.3) is 27.6 Å². The first-order valence-corrected chi connectivity index (χ1v) is 17.5. The van der Waals surface area contributed by atoms with Gasteiger partial charge in [-0.2, -0.15) is 6.07 Å². The molecular weight excluding hydrogens is 808 g/mol. The van der Waals surface area contributed by atoms with E-state index in [1.54, 1.807) is 0 Å². The van der Waals surface area contributed by atoms with Crippen LogP contribution in [0.1, 0.15) is 80.5 Å². The van der Waals surface area contributed by atoms with E-state index in [0.29, 0.717) is 11.5 Å². The maximum atomic E-state index is 6.66. The molecule has 6 heteroatoms. The van der Waals surface area contributed by atoms with Gasteiger partial charge < -0.3 is 19.1 Å². The number of nitrogens with zero attached hydrogens (tertiary/aromatic N) is 4. The number of fused-ring (bicyclic) bond motifs is 3. The molecule has 0 bridgehead atoms. The normalized spacial score (nSPS) is 13.4. The van der Waals surface area contributed by atoms with E-state index in [1.165, 1.54) is 39.1 Å². The number of aromatic nitrogens is 2. The monoisotopic (exact) mass is 854 g/mol. The summed E-state index contributed by atoms with van der Waals surface area (Å²) < 4.78 is 8.86. The van der Waals surface area contributed by atoms with E-state index in [9.17, 15) is 0 Å². The molecule has 6 aromatic rings. The standard InChI is InChI=1S/C45H47N4O.Pt/c1-28-29(2)31(4)43(32(5)30(28)3)48-21-20-47(27-48)35-22-34(45(9,10)11)23-37(25-35)50-36-16-17-39-38-14-12-13-15-40(38)49(41(39)26-36)42-24-33(18-19-46-42)44(6,7)8;/h12-24,27H,1-11H3;/q-3;. The summed E-state index contributed by atoms with van der Waals surface area (Å²) in [6.07, 6.45) is 6.13. The Morgan fingerprint density at radius 3 is 1.98 bits per heavy atom. The molecule has 51 heavy (non-hydrogen) atoms. The van der Waals surface area contributed by atoms with Gasteiger partial charge >= 0.3 is 0 Å². The van der Waals surface area contributed by atoms with Gasteiger partial charge in [-0.15, -0.1) is 53.6 Å². The average Bonchev–Trinajstić information content (AvgIpc) is 3.69. The number of pyridine rings is 1. The fraction of sp³-hybridized carbons (Fsp3) is 0.289. The predicted molar refractivity (Wildman–Crippen MR) is 209 cm³/mol. The van der Waals surface area contributed by atoms with E-state index >= 15 is 0 Å². The summed E-state index contributed by atoms with van der Waals surface area (Å²) in [6.45, 7) is 26.6. The number of benzene rings is 4. The molecule has 0 unspecified atom stereocenters. The molecular formula is C45H47N4OPt-3. The minimum absolute atomic E-state index is 0. The number of ether oxygens (including phenoxy) is 1. The Labute approximate surface area is 318 Å². The molecule has 0 saturated heterocycles. The van der Waals surface area contributed by atoms with E-state index < -0.39 is 0 Å². The summed E-state index contributed by atoms with van der Waals surface area (Å²) in [4.78, 5) is 9.19. The largest absolute Gasteiger partial charge is 0.509 e. The first-order chi connectivity index (χ1) is 23.6. The van der Waals surface area contributed by atoms with Crippen LogP contribution in [0.15, 0.2) is 79.3 Å². The molecule has 0 aliphatic carbocycles. The number of rotatable bonds is 5. The molecule has 0 fully saturated rings. The maximum Gasteiger partial charge on any atom is 0.135 e. The molecule has 0 radical (unpaired) electrons. The molecule has 1 aliphatic rings. The Kier molecular flexibility index (Phi) is 9.53. The van der Waals surface area contributed by atoms with Gasteiger partial charge in [-0.1, -0.05) is 65.3 Å². The van der Waals surface area contributed by atoms with E-state index in [2.05, 4.69) is 176 Å². The Hall–Kier alpha value is -4.34. The van der Waals surface area contributed by atoms with E-state index in [0.717, 1.165) is 38.9 Å². The molecule has 4 aromatic carbocycles. The van der Waals surface area contributed by atoms with Crippen LogP contribution in [0.3, 0.4) is 0 Å². The molecule has 266 valence electrons. The van der Waals surface area contributed by atoms with Crippen LogP contribution in [-0.2, 0) is 31.9 Å². The van der Waals surface area contributed by atoms with Crippen molar-refractivity contribution in [2.24, 2.45) is 0 Å². The van der Waals surface area contributed by atoms with Crippen LogP contribution in [-0.4, -0.2) is 9.55 Å². The van der Waals surface area contributed by atoms with Gasteiger partial charge in [0.05, 0.1) is 0 Å². The Balaban J connectivity index is 0.00000448. The topological polar surface area (TPSA) is 33.5 Å². The van der Waals surface area contributed by atoms with Crippen molar-refractivity contribution >= 4 is 33.2 Å². The quantitative estimate of drug-likeness (QED) is 0.162. The van der Waals surface area contributed by atoms with Crippen molar-refractivity contribution in [3.63, 3.8) is 0 Å². The molecule has 0 N–H and O–H groups in total. The molecule has 0 spiro atoms. The van der Waals surface area contributed by atoms with Gasteiger partial charge in [0.25, 0.3) is 0 Å². The van der Waals surface area contributed by atoms with Gasteiger partial charge in [-0.25, -0.2) is 4.98 Å². The first-order valence-electron chi connectivity index (χ1n) is 17.5. The van der Waals surface area contributed by atoms with E-state index in [4.69, 9.17) is 9.72 Å². The van der Waals surface area contributed by atoms with Crippen LogP contribution >= 0.6 is 0 Å². The minimum atomic E-state index is -0.104. The summed E-state index contributed by atoms with van der Waals surface area (Å²) in [6, 6.07) is 28.4. The zero-order valence-electron chi connectivity index (χ0n) is 31.6. The molecule has 0 saturated carbocycles. The van der Waals surface area contributed by atoms with Gasteiger partial charge in [0, 0.05) is 50.0 Å². The molecule has 0 atom stereocenters. The van der Waals surface area contributed by atoms with Crippen molar-refractivity contribution < 1.29 is 25.8 Å². The molecule has 7 rings (SSSR count). The molecule has 3 heterocycles. The summed E-state index contributed by atoms with van der Waals surface area (Å²) in [7, 11) is 0. The Morgan fingerprint density at radius 2 is 1.29 bits per heavy atom. The second kappa shape index (κ2) is 13.3. The molecule has 0 amide bonds. The third-order valence-electron chi connectivity index (χ3n) is 10.4. The zero-order chi connectivity index (χ0) is 35.7. The van der Waals surface area contributed by atoms with Crippen molar-refractivity contribution in [1.82, 2.24) is 9.55 Å². The first kappa shape index (κ1) is 36.4. The fourth-order valence-electron chi connectivity index (χ4n) is 6.95. The Morgan fingerprint density at radius 1 is 0.647 bits per heavy atom. The fourth-order valence-corrected chi connectivity index (χ4v) is 6.95. The van der Waals surface area contributed by atoms with Crippen LogP contribution in [0, 0.1) is 53.4 Å². The SMILES string of the molecule is Cc1c(C)c(C)c(N2C=CN(c3[c-]c(Oc4[c-]c5c(cc4)c4ccccc4n5-c4cc(C(C)(C)C)ccn4)cc(C(C)(C)C)c3)[CH-]2)c(C)c1C.[Pt]. The predicted octanol–water partition coefficient (Wildman–Crippen LogP) is 11.6. The molecule has 1 aliphatic heterocycles. The second-order valence-corrected chi connectivity index (χ2v) is 15.8. The summed E-state index contributed by atoms with van der Waals surface area (Å²) in [5.41, 5.74) is 13.1. The van der Waals surface area contributed by atoms with Crippen molar-refractivity contribution in [2.45, 2.75) is 87.0 Å². The van der Waals surface area contributed by atoms with Crippen molar-refractivity contribution in [1.29, 1.82) is 0 Å². The summed E-state index contributed by atoms with van der Waals surface area (Å²) in [5.74, 6) is 2.14. The number of para-hydroxylation sites is 1. The van der Waals surface area contributed by atoms with Gasteiger partial charge in [0.2, 0.25) is 0 Å². The van der Waals surface area contributed by atoms with Gasteiger partial charge in [0.1, 0.15) is 5.82 Å². The van der Waals surface area contributed by atoms with Crippen LogP contribution in [0.2, 0.25) is 0 Å². The average molecular weight is 855 g/mol. The number of hydrogen-bond donors (Lipinski definition) is 0. The van der Waals surface area contributed by atoms with Crippen LogP contribution < -0.4 is 14.5 Å².